The van der Waals surface area contributed by atoms with Crippen molar-refractivity contribution in [1.29, 1.82) is 0 Å². The second-order valence-corrected chi connectivity index (χ2v) is 7.78. The number of nitrogens with one attached hydrogen (secondary N) is 1. The summed E-state index contributed by atoms with van der Waals surface area (Å²) in [5.41, 5.74) is 1.03. The molecule has 1 amide bonds. The summed E-state index contributed by atoms with van der Waals surface area (Å²) in [7, 11) is 0. The molecule has 0 saturated heterocycles. The molecular weight excluding hydrogens is 350 g/mol. The Morgan fingerprint density at radius 1 is 1.00 bits per heavy atom. The Hall–Kier alpha value is -2.24. The fraction of sp³-hybridized carbons (Fsp3) is 0.200. The van der Waals surface area contributed by atoms with E-state index in [1.54, 1.807) is 0 Å². The molecule has 0 aliphatic heterocycles. The van der Waals surface area contributed by atoms with Crippen LogP contribution in [0.5, 0.6) is 0 Å². The van der Waals surface area contributed by atoms with E-state index < -0.39 is 0 Å². The third-order valence-corrected chi connectivity index (χ3v) is 5.95. The molecule has 0 saturated carbocycles. The highest BCUT2D eigenvalue weighted by Gasteiger charge is 2.18. The van der Waals surface area contributed by atoms with Crippen molar-refractivity contribution in [2.45, 2.75) is 25.8 Å². The van der Waals surface area contributed by atoms with Crippen LogP contribution in [0, 0.1) is 0 Å². The molecule has 5 heteroatoms. The van der Waals surface area contributed by atoms with Crippen molar-refractivity contribution < 1.29 is 9.59 Å². The second-order valence-electron chi connectivity index (χ2n) is 5.66. The van der Waals surface area contributed by atoms with Gasteiger partial charge >= 0.3 is 0 Å². The fourth-order valence-electron chi connectivity index (χ4n) is 2.68. The van der Waals surface area contributed by atoms with E-state index in [9.17, 15) is 9.59 Å². The molecule has 1 aromatic carbocycles. The van der Waals surface area contributed by atoms with Gasteiger partial charge in [0.2, 0.25) is 11.7 Å². The molecule has 2 heterocycles. The SMILES string of the molecule is CCC(C(=O)NCc1ccc(C(=O)c2cccs2)s1)c1ccccc1. The molecule has 0 aliphatic rings. The largest absolute Gasteiger partial charge is 0.351 e. The van der Waals surface area contributed by atoms with E-state index in [-0.39, 0.29) is 17.6 Å². The van der Waals surface area contributed by atoms with Crippen LogP contribution in [-0.2, 0) is 11.3 Å². The van der Waals surface area contributed by atoms with Crippen molar-refractivity contribution in [3.05, 3.63) is 80.2 Å². The summed E-state index contributed by atoms with van der Waals surface area (Å²) in [6.07, 6.45) is 0.752. The Bertz CT molecular complexity index is 838. The molecule has 0 spiro atoms. The van der Waals surface area contributed by atoms with Gasteiger partial charge in [-0.1, -0.05) is 43.3 Å². The number of benzene rings is 1. The van der Waals surface area contributed by atoms with Crippen LogP contribution in [0.1, 0.15) is 44.3 Å². The molecule has 128 valence electrons. The molecular formula is C20H19NO2S2. The number of rotatable bonds is 7. The molecule has 25 heavy (non-hydrogen) atoms. The Morgan fingerprint density at radius 2 is 1.80 bits per heavy atom. The van der Waals surface area contributed by atoms with E-state index in [0.717, 1.165) is 21.7 Å². The Labute approximate surface area is 155 Å². The van der Waals surface area contributed by atoms with E-state index in [1.165, 1.54) is 22.7 Å². The summed E-state index contributed by atoms with van der Waals surface area (Å²) < 4.78 is 0. The Kier molecular flexibility index (Phi) is 5.79. The first-order chi connectivity index (χ1) is 12.2. The molecule has 0 radical (unpaired) electrons. The van der Waals surface area contributed by atoms with Gasteiger partial charge in [0.25, 0.3) is 0 Å². The molecule has 1 atom stereocenters. The number of hydrogen-bond donors (Lipinski definition) is 1. The second kappa shape index (κ2) is 8.23. The van der Waals surface area contributed by atoms with E-state index >= 15 is 0 Å². The topological polar surface area (TPSA) is 46.2 Å². The molecule has 3 aromatic rings. The average molecular weight is 370 g/mol. The lowest BCUT2D eigenvalue weighted by Gasteiger charge is -2.15. The minimum absolute atomic E-state index is 0.0215. The summed E-state index contributed by atoms with van der Waals surface area (Å²) in [6, 6.07) is 17.3. The molecule has 1 unspecified atom stereocenters. The predicted octanol–water partition coefficient (Wildman–Crippen LogP) is 4.85. The molecule has 0 fully saturated rings. The van der Waals surface area contributed by atoms with Gasteiger partial charge in [-0.05, 0) is 35.6 Å². The number of carbonyl (C=O) groups excluding carboxylic acids is 2. The normalized spacial score (nSPS) is 11.9. The first kappa shape index (κ1) is 17.6. The Morgan fingerprint density at radius 3 is 2.48 bits per heavy atom. The summed E-state index contributed by atoms with van der Waals surface area (Å²) in [5.74, 6) is -0.0742. The fourth-order valence-corrected chi connectivity index (χ4v) is 4.32. The van der Waals surface area contributed by atoms with Gasteiger partial charge in [-0.3, -0.25) is 9.59 Å². The number of carbonyl (C=O) groups is 2. The maximum atomic E-state index is 12.5. The van der Waals surface area contributed by atoms with Gasteiger partial charge in [-0.2, -0.15) is 0 Å². The van der Waals surface area contributed by atoms with Crippen molar-refractivity contribution in [1.82, 2.24) is 5.32 Å². The molecule has 2 aromatic heterocycles. The van der Waals surface area contributed by atoms with Crippen LogP contribution in [0.2, 0.25) is 0 Å². The van der Waals surface area contributed by atoms with Crippen molar-refractivity contribution in [2.75, 3.05) is 0 Å². The van der Waals surface area contributed by atoms with Crippen LogP contribution in [0.25, 0.3) is 0 Å². The van der Waals surface area contributed by atoms with Gasteiger partial charge in [0, 0.05) is 4.88 Å². The van der Waals surface area contributed by atoms with Crippen molar-refractivity contribution in [3.63, 3.8) is 0 Å². The van der Waals surface area contributed by atoms with Crippen LogP contribution < -0.4 is 5.32 Å². The van der Waals surface area contributed by atoms with E-state index in [0.29, 0.717) is 11.4 Å². The lowest BCUT2D eigenvalue weighted by molar-refractivity contribution is -0.122. The zero-order valence-electron chi connectivity index (χ0n) is 13.9. The van der Waals surface area contributed by atoms with E-state index in [4.69, 9.17) is 0 Å². The molecule has 3 nitrogen and oxygen atoms in total. The molecule has 1 N–H and O–H groups in total. The maximum absolute atomic E-state index is 12.5. The van der Waals surface area contributed by atoms with Gasteiger partial charge < -0.3 is 5.32 Å². The van der Waals surface area contributed by atoms with E-state index in [1.807, 2.05) is 66.9 Å². The molecule has 3 rings (SSSR count). The van der Waals surface area contributed by atoms with Gasteiger partial charge in [0.05, 0.1) is 22.2 Å². The quantitative estimate of drug-likeness (QED) is 0.605. The van der Waals surface area contributed by atoms with Crippen molar-refractivity contribution in [2.24, 2.45) is 0 Å². The lowest BCUT2D eigenvalue weighted by Crippen LogP contribution is -2.28. The molecule has 0 aliphatic carbocycles. The zero-order valence-corrected chi connectivity index (χ0v) is 15.5. The number of ketones is 1. The first-order valence-electron chi connectivity index (χ1n) is 8.18. The average Bonchev–Trinajstić information content (AvgIpc) is 3.33. The van der Waals surface area contributed by atoms with Crippen LogP contribution >= 0.6 is 22.7 Å². The van der Waals surface area contributed by atoms with Gasteiger partial charge in [-0.25, -0.2) is 0 Å². The monoisotopic (exact) mass is 369 g/mol. The van der Waals surface area contributed by atoms with Gasteiger partial charge in [-0.15, -0.1) is 22.7 Å². The summed E-state index contributed by atoms with van der Waals surface area (Å²) >= 11 is 2.88. The first-order valence-corrected chi connectivity index (χ1v) is 9.88. The standard InChI is InChI=1S/C20H19NO2S2/c1-2-16(14-7-4-3-5-8-14)20(23)21-13-15-10-11-18(25-15)19(22)17-9-6-12-24-17/h3-12,16H,2,13H2,1H3,(H,21,23). The smallest absolute Gasteiger partial charge is 0.227 e. The highest BCUT2D eigenvalue weighted by atomic mass is 32.1. The van der Waals surface area contributed by atoms with Crippen LogP contribution in [0.15, 0.2) is 60.0 Å². The number of hydrogen-bond acceptors (Lipinski definition) is 4. The number of thiophene rings is 2. The summed E-state index contributed by atoms with van der Waals surface area (Å²) in [4.78, 5) is 27.3. The Balaban J connectivity index is 1.62. The lowest BCUT2D eigenvalue weighted by atomic mass is 9.96. The maximum Gasteiger partial charge on any atom is 0.227 e. The number of amides is 1. The summed E-state index contributed by atoms with van der Waals surface area (Å²) in [5, 5.41) is 4.90. The van der Waals surface area contributed by atoms with Crippen molar-refractivity contribution in [3.8, 4) is 0 Å². The molecule has 0 bridgehead atoms. The highest BCUT2D eigenvalue weighted by molar-refractivity contribution is 7.16. The van der Waals surface area contributed by atoms with Gasteiger partial charge in [0.15, 0.2) is 0 Å². The highest BCUT2D eigenvalue weighted by Crippen LogP contribution is 2.23. The minimum Gasteiger partial charge on any atom is -0.351 e. The predicted molar refractivity (Wildman–Crippen MR) is 103 cm³/mol. The zero-order chi connectivity index (χ0) is 17.6. The third-order valence-electron chi connectivity index (χ3n) is 3.99. The van der Waals surface area contributed by atoms with Crippen LogP contribution in [-0.4, -0.2) is 11.7 Å². The third kappa shape index (κ3) is 4.24. The van der Waals surface area contributed by atoms with Gasteiger partial charge in [0.1, 0.15) is 0 Å². The summed E-state index contributed by atoms with van der Waals surface area (Å²) in [6.45, 7) is 2.46. The van der Waals surface area contributed by atoms with Crippen molar-refractivity contribution >= 4 is 34.4 Å². The van der Waals surface area contributed by atoms with E-state index in [2.05, 4.69) is 5.32 Å². The minimum atomic E-state index is -0.145. The van der Waals surface area contributed by atoms with Crippen LogP contribution in [0.3, 0.4) is 0 Å². The van der Waals surface area contributed by atoms with Crippen LogP contribution in [0.4, 0.5) is 0 Å².